The van der Waals surface area contributed by atoms with E-state index < -0.39 is 11.2 Å². The van der Waals surface area contributed by atoms with Gasteiger partial charge in [-0.3, -0.25) is 18.5 Å². The smallest absolute Gasteiger partial charge is 0.332 e. The van der Waals surface area contributed by atoms with Crippen molar-refractivity contribution in [3.05, 3.63) is 56.5 Å². The number of imidazole rings is 1. The van der Waals surface area contributed by atoms with Crippen LogP contribution >= 0.6 is 0 Å². The Morgan fingerprint density at radius 3 is 2.42 bits per heavy atom. The number of halogens is 1. The van der Waals surface area contributed by atoms with E-state index in [4.69, 9.17) is 5.11 Å². The molecule has 10 nitrogen and oxygen atoms in total. The second-order valence-corrected chi connectivity index (χ2v) is 7.30. The number of rotatable bonds is 7. The number of benzene rings is 1. The molecule has 0 saturated heterocycles. The minimum Gasteiger partial charge on any atom is -0.396 e. The average molecular weight is 430 g/mol. The van der Waals surface area contributed by atoms with Crippen LogP contribution in [0.15, 0.2) is 39.0 Å². The van der Waals surface area contributed by atoms with Crippen molar-refractivity contribution in [1.82, 2.24) is 18.7 Å². The predicted octanol–water partition coefficient (Wildman–Crippen LogP) is 0.0249. The number of aliphatic hydroxyl groups is 2. The van der Waals surface area contributed by atoms with E-state index in [1.54, 1.807) is 28.8 Å². The molecule has 4 rings (SSSR count). The van der Waals surface area contributed by atoms with Crippen molar-refractivity contribution in [2.45, 2.75) is 25.9 Å². The van der Waals surface area contributed by atoms with Crippen molar-refractivity contribution in [1.29, 1.82) is 0 Å². The van der Waals surface area contributed by atoms with Crippen LogP contribution in [0.3, 0.4) is 0 Å². The van der Waals surface area contributed by atoms with Gasteiger partial charge in [0.05, 0.1) is 12.3 Å². The third-order valence-corrected chi connectivity index (χ3v) is 5.24. The average Bonchev–Trinajstić information content (AvgIpc) is 3.16. The van der Waals surface area contributed by atoms with Gasteiger partial charge < -0.3 is 10.2 Å². The Kier molecular flexibility index (Phi) is 5.70. The Morgan fingerprint density at radius 1 is 1.06 bits per heavy atom. The van der Waals surface area contributed by atoms with Crippen LogP contribution < -0.4 is 16.3 Å². The van der Waals surface area contributed by atoms with Gasteiger partial charge in [-0.15, -0.1) is 0 Å². The van der Waals surface area contributed by atoms with Gasteiger partial charge in [-0.05, 0) is 30.5 Å². The fourth-order valence-electron chi connectivity index (χ4n) is 3.67. The van der Waals surface area contributed by atoms with Crippen LogP contribution in [-0.4, -0.2) is 54.4 Å². The topological polar surface area (TPSA) is 118 Å². The van der Waals surface area contributed by atoms with E-state index in [1.807, 2.05) is 0 Å². The normalized spacial score (nSPS) is 13.5. The Labute approximate surface area is 176 Å². The molecule has 0 unspecified atom stereocenters. The molecule has 164 valence electrons. The fourth-order valence-corrected chi connectivity index (χ4v) is 3.67. The molecule has 0 fully saturated rings. The second kappa shape index (κ2) is 8.44. The summed E-state index contributed by atoms with van der Waals surface area (Å²) in [6, 6.07) is 5.89. The third-order valence-electron chi connectivity index (χ3n) is 5.24. The van der Waals surface area contributed by atoms with E-state index in [1.165, 1.54) is 16.7 Å². The molecule has 0 saturated carbocycles. The molecule has 3 aromatic rings. The summed E-state index contributed by atoms with van der Waals surface area (Å²) >= 11 is 0. The quantitative estimate of drug-likeness (QED) is 0.546. The lowest BCUT2D eigenvalue weighted by molar-refractivity contribution is 0.277. The van der Waals surface area contributed by atoms with Gasteiger partial charge >= 0.3 is 5.69 Å². The summed E-state index contributed by atoms with van der Waals surface area (Å²) in [5, 5.41) is 24.6. The zero-order valence-electron chi connectivity index (χ0n) is 17.0. The van der Waals surface area contributed by atoms with Crippen LogP contribution in [0.5, 0.6) is 0 Å². The van der Waals surface area contributed by atoms with Crippen LogP contribution in [0.1, 0.15) is 18.4 Å². The van der Waals surface area contributed by atoms with Crippen LogP contribution in [-0.2, 0) is 20.1 Å². The number of aryl methyl sites for hydroxylation is 1. The highest BCUT2D eigenvalue weighted by molar-refractivity contribution is 6.02. The molecule has 0 bridgehead atoms. The molecule has 3 heterocycles. The van der Waals surface area contributed by atoms with E-state index in [0.29, 0.717) is 30.2 Å². The lowest BCUT2D eigenvalue weighted by Gasteiger charge is -2.26. The molecule has 0 atom stereocenters. The molecule has 31 heavy (non-hydrogen) atoms. The maximum absolute atomic E-state index is 13.4. The van der Waals surface area contributed by atoms with Gasteiger partial charge in [-0.2, -0.15) is 10.1 Å². The van der Waals surface area contributed by atoms with Crippen molar-refractivity contribution < 1.29 is 14.6 Å². The van der Waals surface area contributed by atoms with Gasteiger partial charge in [0.2, 0.25) is 5.95 Å². The monoisotopic (exact) mass is 430 g/mol. The van der Waals surface area contributed by atoms with Gasteiger partial charge in [-0.1, -0.05) is 12.1 Å². The number of aromatic nitrogens is 4. The molecule has 2 aromatic heterocycles. The first-order chi connectivity index (χ1) is 15.0. The SMILES string of the molecule is Cn1c(=O)n(CCCO)c(=O)c2c1nc1n2CC(c2ccc(F)cc2)=NN1CCCO. The first-order valence-corrected chi connectivity index (χ1v) is 9.99. The standard InChI is InChI=1S/C20H23FN6O4/c1-24-17-16(18(30)25(20(24)31)8-2-10-28)26-12-15(13-4-6-14(21)7-5-13)23-27(9-3-11-29)19(26)22-17/h4-7,28-29H,2-3,8-12H2,1H3. The molecule has 11 heteroatoms. The molecule has 0 spiro atoms. The molecule has 2 N–H and O–H groups in total. The highest BCUT2D eigenvalue weighted by atomic mass is 19.1. The number of hydrogen-bond donors (Lipinski definition) is 2. The van der Waals surface area contributed by atoms with Gasteiger partial charge in [-0.25, -0.2) is 14.2 Å². The third kappa shape index (κ3) is 3.66. The Morgan fingerprint density at radius 2 is 1.74 bits per heavy atom. The maximum atomic E-state index is 13.4. The minimum absolute atomic E-state index is 0.0510. The first-order valence-electron chi connectivity index (χ1n) is 9.99. The number of hydrogen-bond acceptors (Lipinski definition) is 7. The van der Waals surface area contributed by atoms with Crippen molar-refractivity contribution >= 4 is 22.8 Å². The summed E-state index contributed by atoms with van der Waals surface area (Å²) in [6.45, 7) is 0.447. The van der Waals surface area contributed by atoms with Crippen LogP contribution in [0.4, 0.5) is 10.3 Å². The summed E-state index contributed by atoms with van der Waals surface area (Å²) in [6.07, 6.45) is 0.690. The minimum atomic E-state index is -0.511. The number of aliphatic hydroxyl groups excluding tert-OH is 2. The van der Waals surface area contributed by atoms with Gasteiger partial charge in [0.15, 0.2) is 11.2 Å². The fraction of sp³-hybridized carbons (Fsp3) is 0.400. The number of anilines is 1. The molecule has 1 aromatic carbocycles. The van der Waals surface area contributed by atoms with Crippen molar-refractivity contribution in [2.75, 3.05) is 24.8 Å². The van der Waals surface area contributed by atoms with Crippen molar-refractivity contribution in [3.63, 3.8) is 0 Å². The van der Waals surface area contributed by atoms with Crippen molar-refractivity contribution in [3.8, 4) is 0 Å². The molecule has 0 amide bonds. The molecule has 1 aliphatic heterocycles. The summed E-state index contributed by atoms with van der Waals surface area (Å²) in [7, 11) is 1.54. The first kappa shape index (κ1) is 20.9. The highest BCUT2D eigenvalue weighted by Gasteiger charge is 2.28. The lowest BCUT2D eigenvalue weighted by Crippen LogP contribution is -2.40. The zero-order valence-corrected chi connectivity index (χ0v) is 17.0. The maximum Gasteiger partial charge on any atom is 0.332 e. The summed E-state index contributed by atoms with van der Waals surface area (Å²) < 4.78 is 17.5. The summed E-state index contributed by atoms with van der Waals surface area (Å²) in [5.41, 5.74) is 0.761. The van der Waals surface area contributed by atoms with Gasteiger partial charge in [0, 0.05) is 33.4 Å². The Bertz CT molecular complexity index is 1260. The molecule has 0 radical (unpaired) electrons. The Balaban J connectivity index is 1.91. The highest BCUT2D eigenvalue weighted by Crippen LogP contribution is 2.25. The predicted molar refractivity (Wildman–Crippen MR) is 113 cm³/mol. The van der Waals surface area contributed by atoms with E-state index >= 15 is 0 Å². The summed E-state index contributed by atoms with van der Waals surface area (Å²) in [4.78, 5) is 30.4. The van der Waals surface area contributed by atoms with Crippen LogP contribution in [0.25, 0.3) is 11.2 Å². The van der Waals surface area contributed by atoms with E-state index in [2.05, 4.69) is 10.1 Å². The molecular formula is C20H23FN6O4. The Hall–Kier alpha value is -3.31. The summed E-state index contributed by atoms with van der Waals surface area (Å²) in [5.74, 6) is 0.0224. The zero-order chi connectivity index (χ0) is 22.1. The van der Waals surface area contributed by atoms with Gasteiger partial charge in [0.1, 0.15) is 5.82 Å². The number of fused-ring (bicyclic) bond motifs is 3. The molecule has 1 aliphatic rings. The van der Waals surface area contributed by atoms with Gasteiger partial charge in [0.25, 0.3) is 5.56 Å². The van der Waals surface area contributed by atoms with Crippen LogP contribution in [0.2, 0.25) is 0 Å². The molecule has 0 aliphatic carbocycles. The van der Waals surface area contributed by atoms with E-state index in [-0.39, 0.29) is 49.7 Å². The second-order valence-electron chi connectivity index (χ2n) is 7.30. The van der Waals surface area contributed by atoms with E-state index in [0.717, 1.165) is 4.57 Å². The lowest BCUT2D eigenvalue weighted by atomic mass is 10.1. The number of nitrogens with zero attached hydrogens (tertiary/aromatic N) is 6. The molecular weight excluding hydrogens is 407 g/mol. The number of hydrazone groups is 1. The van der Waals surface area contributed by atoms with Crippen molar-refractivity contribution in [2.24, 2.45) is 12.1 Å². The van der Waals surface area contributed by atoms with Crippen LogP contribution in [0, 0.1) is 5.82 Å². The largest absolute Gasteiger partial charge is 0.396 e. The van der Waals surface area contributed by atoms with E-state index in [9.17, 15) is 19.1 Å².